The van der Waals surface area contributed by atoms with E-state index in [4.69, 9.17) is 4.74 Å². The van der Waals surface area contributed by atoms with Crippen molar-refractivity contribution >= 4 is 17.0 Å². The Morgan fingerprint density at radius 1 is 1.04 bits per heavy atom. The Hall–Kier alpha value is -0.630. The maximum atomic E-state index is 13.7. The maximum absolute atomic E-state index is 13.7. The first-order valence-electron chi connectivity index (χ1n) is 10.2. The van der Waals surface area contributed by atoms with Crippen molar-refractivity contribution in [2.75, 3.05) is 6.61 Å². The Balaban J connectivity index is 5.29. The molecule has 0 aromatic rings. The van der Waals surface area contributed by atoms with Crippen molar-refractivity contribution < 1.29 is 26.9 Å². The summed E-state index contributed by atoms with van der Waals surface area (Å²) in [6.07, 6.45) is 0.766. The Bertz CT molecular complexity index is 476. The average molecular weight is 430 g/mol. The van der Waals surface area contributed by atoms with Gasteiger partial charge >= 0.3 is 12.1 Å². The summed E-state index contributed by atoms with van der Waals surface area (Å²) in [7, 11) is -1.95. The number of unbranched alkanes of at least 4 members (excludes halogenated alkanes) is 5. The lowest BCUT2D eigenvalue weighted by atomic mass is 9.93. The molecule has 1 N–H and O–H groups in total. The molecule has 0 aliphatic carbocycles. The third kappa shape index (κ3) is 11.4. The topological polar surface area (TPSA) is 55.4 Å². The van der Waals surface area contributed by atoms with Gasteiger partial charge in [-0.15, -0.1) is 0 Å². The van der Waals surface area contributed by atoms with E-state index in [2.05, 4.69) is 11.6 Å². The first kappa shape index (κ1) is 27.4. The molecule has 0 heterocycles. The van der Waals surface area contributed by atoms with E-state index in [1.165, 1.54) is 0 Å². The number of hydrogen-bond acceptors (Lipinski definition) is 3. The van der Waals surface area contributed by atoms with E-state index in [0.717, 1.165) is 32.1 Å². The van der Waals surface area contributed by atoms with Crippen molar-refractivity contribution in [3.8, 4) is 0 Å². The zero-order valence-corrected chi connectivity index (χ0v) is 19.0. The van der Waals surface area contributed by atoms with Crippen LogP contribution in [-0.4, -0.2) is 33.8 Å². The molecule has 0 aromatic heterocycles. The van der Waals surface area contributed by atoms with Gasteiger partial charge in [-0.05, 0) is 33.1 Å². The summed E-state index contributed by atoms with van der Waals surface area (Å²) in [5.41, 5.74) is 0. The quantitative estimate of drug-likeness (QED) is 0.309. The molecule has 8 heteroatoms. The molecule has 0 unspecified atom stereocenters. The van der Waals surface area contributed by atoms with Gasteiger partial charge in [0.1, 0.15) is 6.04 Å². The molecule has 0 saturated heterocycles. The standard InChI is InChI=1S/C20H38F3NO3S/c1-7-8-9-10-11-12-13-16(18(25)27-14-15(2)3)17(20(21,22)23)24-28(26)19(4,5)6/h15-17,24H,7-14H2,1-6H3/t16-,17-,28-/m1/s1. The van der Waals surface area contributed by atoms with Crippen LogP contribution in [0.15, 0.2) is 0 Å². The Labute approximate surface area is 171 Å². The van der Waals surface area contributed by atoms with Crippen molar-refractivity contribution in [2.45, 2.75) is 103 Å². The van der Waals surface area contributed by atoms with Gasteiger partial charge in [0.15, 0.2) is 0 Å². The second-order valence-electron chi connectivity index (χ2n) is 8.71. The average Bonchev–Trinajstić information content (AvgIpc) is 2.55. The minimum atomic E-state index is -4.70. The zero-order chi connectivity index (χ0) is 22.0. The van der Waals surface area contributed by atoms with Gasteiger partial charge in [-0.25, -0.2) is 8.93 Å². The van der Waals surface area contributed by atoms with E-state index in [1.54, 1.807) is 20.8 Å². The third-order valence-corrected chi connectivity index (χ3v) is 5.86. The van der Waals surface area contributed by atoms with Crippen LogP contribution >= 0.6 is 0 Å². The van der Waals surface area contributed by atoms with Crippen molar-refractivity contribution in [2.24, 2.45) is 11.8 Å². The molecule has 0 aliphatic heterocycles. The fourth-order valence-corrected chi connectivity index (χ4v) is 3.47. The molecule has 28 heavy (non-hydrogen) atoms. The smallest absolute Gasteiger partial charge is 0.405 e. The van der Waals surface area contributed by atoms with Gasteiger partial charge in [-0.2, -0.15) is 13.2 Å². The summed E-state index contributed by atoms with van der Waals surface area (Å²) < 4.78 is 60.0. The van der Waals surface area contributed by atoms with Gasteiger partial charge in [-0.1, -0.05) is 59.3 Å². The van der Waals surface area contributed by atoms with Crippen LogP contribution in [-0.2, 0) is 20.5 Å². The number of esters is 1. The summed E-state index contributed by atoms with van der Waals surface area (Å²) in [5.74, 6) is -2.25. The van der Waals surface area contributed by atoms with Gasteiger partial charge in [0, 0.05) is 0 Å². The lowest BCUT2D eigenvalue weighted by Gasteiger charge is -2.31. The Kier molecular flexibility index (Phi) is 12.5. The highest BCUT2D eigenvalue weighted by molar-refractivity contribution is 7.84. The lowest BCUT2D eigenvalue weighted by Crippen LogP contribution is -2.53. The number of carbonyl (C=O) groups excluding carboxylic acids is 1. The van der Waals surface area contributed by atoms with Gasteiger partial charge < -0.3 is 4.74 Å². The normalized spacial score (nSPS) is 16.1. The molecule has 4 nitrogen and oxygen atoms in total. The first-order chi connectivity index (χ1) is 12.8. The van der Waals surface area contributed by atoms with Crippen LogP contribution in [0.5, 0.6) is 0 Å². The Morgan fingerprint density at radius 2 is 1.57 bits per heavy atom. The highest BCUT2D eigenvalue weighted by atomic mass is 32.2. The predicted molar refractivity (Wildman–Crippen MR) is 108 cm³/mol. The predicted octanol–water partition coefficient (Wildman–Crippen LogP) is 5.54. The van der Waals surface area contributed by atoms with E-state index in [-0.39, 0.29) is 18.9 Å². The molecule has 168 valence electrons. The highest BCUT2D eigenvalue weighted by Gasteiger charge is 2.49. The van der Waals surface area contributed by atoms with Crippen molar-refractivity contribution in [3.63, 3.8) is 0 Å². The molecule has 0 aliphatic rings. The molecule has 0 aromatic carbocycles. The summed E-state index contributed by atoms with van der Waals surface area (Å²) in [6, 6.07) is -2.19. The monoisotopic (exact) mass is 429 g/mol. The number of alkyl halides is 3. The SMILES string of the molecule is CCCCCCCC[C@@H](C(=O)OCC(C)C)[C@@H](N[S@](=O)C(C)(C)C)C(F)(F)F. The Morgan fingerprint density at radius 3 is 2.04 bits per heavy atom. The number of carbonyl (C=O) groups is 1. The second kappa shape index (κ2) is 12.8. The van der Waals surface area contributed by atoms with E-state index in [0.29, 0.717) is 6.42 Å². The minimum Gasteiger partial charge on any atom is -0.465 e. The number of nitrogens with one attached hydrogen (secondary N) is 1. The molecule has 0 bridgehead atoms. The van der Waals surface area contributed by atoms with E-state index in [1.807, 2.05) is 13.8 Å². The number of halogens is 3. The number of hydrogen-bond donors (Lipinski definition) is 1. The lowest BCUT2D eigenvalue weighted by molar-refractivity contribution is -0.180. The van der Waals surface area contributed by atoms with Gasteiger partial charge in [0.2, 0.25) is 0 Å². The van der Waals surface area contributed by atoms with Crippen LogP contribution in [0, 0.1) is 11.8 Å². The van der Waals surface area contributed by atoms with Crippen LogP contribution in [0.3, 0.4) is 0 Å². The van der Waals surface area contributed by atoms with Crippen molar-refractivity contribution in [1.82, 2.24) is 4.72 Å². The highest BCUT2D eigenvalue weighted by Crippen LogP contribution is 2.31. The molecule has 0 radical (unpaired) electrons. The molecule has 0 amide bonds. The molecule has 0 spiro atoms. The molecule has 0 saturated carbocycles. The largest absolute Gasteiger partial charge is 0.465 e. The fourth-order valence-electron chi connectivity index (χ4n) is 2.59. The summed E-state index contributed by atoms with van der Waals surface area (Å²) >= 11 is 0. The minimum absolute atomic E-state index is 0.0275. The molecule has 0 rings (SSSR count). The summed E-state index contributed by atoms with van der Waals surface area (Å²) in [5, 5.41) is 0. The van der Waals surface area contributed by atoms with Crippen LogP contribution in [0.25, 0.3) is 0 Å². The van der Waals surface area contributed by atoms with E-state index >= 15 is 0 Å². The van der Waals surface area contributed by atoms with E-state index in [9.17, 15) is 22.2 Å². The summed E-state index contributed by atoms with van der Waals surface area (Å²) in [4.78, 5) is 12.5. The van der Waals surface area contributed by atoms with Crippen LogP contribution in [0.1, 0.15) is 86.5 Å². The van der Waals surface area contributed by atoms with Gasteiger partial charge in [-0.3, -0.25) is 4.79 Å². The number of ether oxygens (including phenoxy) is 1. The number of rotatable bonds is 13. The van der Waals surface area contributed by atoms with Crippen LogP contribution in [0.2, 0.25) is 0 Å². The molecule has 0 fully saturated rings. The maximum Gasteiger partial charge on any atom is 0.405 e. The van der Waals surface area contributed by atoms with Crippen molar-refractivity contribution in [3.05, 3.63) is 0 Å². The fraction of sp³-hybridized carbons (Fsp3) is 0.950. The molecular weight excluding hydrogens is 391 g/mol. The second-order valence-corrected chi connectivity index (χ2v) is 10.7. The third-order valence-electron chi connectivity index (χ3n) is 4.28. The zero-order valence-electron chi connectivity index (χ0n) is 18.2. The van der Waals surface area contributed by atoms with Crippen molar-refractivity contribution in [1.29, 1.82) is 0 Å². The van der Waals surface area contributed by atoms with Gasteiger partial charge in [0.05, 0.1) is 28.3 Å². The molecule has 3 atom stereocenters. The van der Waals surface area contributed by atoms with Crippen LogP contribution in [0.4, 0.5) is 13.2 Å². The summed E-state index contributed by atoms with van der Waals surface area (Å²) in [6.45, 7) is 10.6. The molecular formula is C20H38F3NO3S. The van der Waals surface area contributed by atoms with Gasteiger partial charge in [0.25, 0.3) is 0 Å². The first-order valence-corrected chi connectivity index (χ1v) is 11.4. The van der Waals surface area contributed by atoms with Crippen LogP contribution < -0.4 is 4.72 Å². The van der Waals surface area contributed by atoms with E-state index < -0.39 is 39.8 Å².